The Hall–Kier alpha value is -1.87. The van der Waals surface area contributed by atoms with Crippen LogP contribution < -0.4 is 0 Å². The predicted octanol–water partition coefficient (Wildman–Crippen LogP) is 4.71. The maximum Gasteiger partial charge on any atom is 0.310 e. The van der Waals surface area contributed by atoms with Gasteiger partial charge in [-0.2, -0.15) is 0 Å². The van der Waals surface area contributed by atoms with Crippen LogP contribution in [0.1, 0.15) is 18.1 Å². The van der Waals surface area contributed by atoms with Crippen molar-refractivity contribution in [3.05, 3.63) is 70.2 Å². The number of carboxylic acids is 1. The summed E-state index contributed by atoms with van der Waals surface area (Å²) in [5, 5.41) is 9.29. The van der Waals surface area contributed by atoms with Gasteiger partial charge < -0.3 is 5.11 Å². The van der Waals surface area contributed by atoms with E-state index in [1.54, 1.807) is 6.92 Å². The third kappa shape index (κ3) is 3.58. The van der Waals surface area contributed by atoms with Gasteiger partial charge in [-0.05, 0) is 35.8 Å². The van der Waals surface area contributed by atoms with Gasteiger partial charge in [-0.3, -0.25) is 4.79 Å². The number of aliphatic carboxylic acids is 1. The molecule has 0 saturated carbocycles. The summed E-state index contributed by atoms with van der Waals surface area (Å²) in [4.78, 5) is 11.3. The zero-order valence-corrected chi connectivity index (χ0v) is 12.7. The van der Waals surface area contributed by atoms with E-state index >= 15 is 0 Å². The molecule has 0 heterocycles. The van der Waals surface area contributed by atoms with Crippen molar-refractivity contribution in [2.24, 2.45) is 5.92 Å². The van der Waals surface area contributed by atoms with Gasteiger partial charge >= 0.3 is 5.97 Å². The molecule has 102 valence electrons. The number of hydrogen-bond acceptors (Lipinski definition) is 1. The molecular weight excluding hydrogens is 316 g/mol. The summed E-state index contributed by atoms with van der Waals surface area (Å²) in [6.07, 6.45) is 1.93. The van der Waals surface area contributed by atoms with Crippen LogP contribution in [0.5, 0.6) is 0 Å². The molecular formula is C17H15BrO2. The fraction of sp³-hybridized carbons (Fsp3) is 0.118. The second kappa shape index (κ2) is 6.53. The minimum atomic E-state index is -0.822. The van der Waals surface area contributed by atoms with E-state index in [0.29, 0.717) is 0 Å². The minimum absolute atomic E-state index is 0.555. The van der Waals surface area contributed by atoms with E-state index in [9.17, 15) is 9.90 Å². The van der Waals surface area contributed by atoms with Crippen molar-refractivity contribution in [1.29, 1.82) is 0 Å². The van der Waals surface area contributed by atoms with E-state index in [-0.39, 0.29) is 0 Å². The fourth-order valence-electron chi connectivity index (χ4n) is 1.96. The van der Waals surface area contributed by atoms with Crippen LogP contribution in [0.25, 0.3) is 11.6 Å². The van der Waals surface area contributed by atoms with Crippen LogP contribution in [0.15, 0.2) is 59.1 Å². The molecule has 0 aliphatic carbocycles. The van der Waals surface area contributed by atoms with E-state index in [0.717, 1.165) is 21.2 Å². The van der Waals surface area contributed by atoms with Crippen molar-refractivity contribution in [1.82, 2.24) is 0 Å². The minimum Gasteiger partial charge on any atom is -0.481 e. The monoisotopic (exact) mass is 330 g/mol. The molecule has 0 aliphatic rings. The zero-order chi connectivity index (χ0) is 14.5. The molecule has 0 amide bonds. The number of hydrogen-bond donors (Lipinski definition) is 1. The second-order valence-electron chi connectivity index (χ2n) is 4.58. The molecule has 0 spiro atoms. The molecule has 0 aromatic heterocycles. The lowest BCUT2D eigenvalue weighted by atomic mass is 9.92. The molecule has 2 rings (SSSR count). The first-order valence-corrected chi connectivity index (χ1v) is 7.12. The number of carbonyl (C=O) groups is 1. The first-order valence-electron chi connectivity index (χ1n) is 6.33. The SMILES string of the molecule is CC(C(=O)O)/C(=C/c1ccc(Br)cc1)c1ccccc1. The van der Waals surface area contributed by atoms with Gasteiger partial charge in [-0.1, -0.05) is 64.5 Å². The Balaban J connectivity index is 2.46. The average molecular weight is 331 g/mol. The Kier molecular flexibility index (Phi) is 4.74. The first-order chi connectivity index (χ1) is 9.58. The number of halogens is 1. The summed E-state index contributed by atoms with van der Waals surface area (Å²) in [6, 6.07) is 17.4. The second-order valence-corrected chi connectivity index (χ2v) is 5.49. The smallest absolute Gasteiger partial charge is 0.310 e. The number of carboxylic acid groups (broad SMARTS) is 1. The summed E-state index contributed by atoms with van der Waals surface area (Å²) in [5.74, 6) is -1.38. The van der Waals surface area contributed by atoms with Crippen LogP contribution in [0.2, 0.25) is 0 Å². The zero-order valence-electron chi connectivity index (χ0n) is 11.1. The quantitative estimate of drug-likeness (QED) is 0.824. The van der Waals surface area contributed by atoms with E-state index in [4.69, 9.17) is 0 Å². The maximum atomic E-state index is 11.3. The molecule has 0 saturated heterocycles. The highest BCUT2D eigenvalue weighted by Crippen LogP contribution is 2.26. The van der Waals surface area contributed by atoms with Crippen molar-refractivity contribution < 1.29 is 9.90 Å². The lowest BCUT2D eigenvalue weighted by molar-refractivity contribution is -0.139. The molecule has 0 fully saturated rings. The first kappa shape index (κ1) is 14.5. The van der Waals surface area contributed by atoms with Crippen LogP contribution in [0.4, 0.5) is 0 Å². The molecule has 0 aliphatic heterocycles. The van der Waals surface area contributed by atoms with Gasteiger partial charge in [0.1, 0.15) is 0 Å². The summed E-state index contributed by atoms with van der Waals surface area (Å²) in [6.45, 7) is 1.71. The van der Waals surface area contributed by atoms with Crippen molar-refractivity contribution in [2.45, 2.75) is 6.92 Å². The van der Waals surface area contributed by atoms with Crippen LogP contribution in [0.3, 0.4) is 0 Å². The van der Waals surface area contributed by atoms with Gasteiger partial charge in [0, 0.05) is 4.47 Å². The predicted molar refractivity (Wildman–Crippen MR) is 85.3 cm³/mol. The summed E-state index contributed by atoms with van der Waals surface area (Å²) in [7, 11) is 0. The van der Waals surface area contributed by atoms with Crippen LogP contribution in [-0.4, -0.2) is 11.1 Å². The Morgan fingerprint density at radius 2 is 1.70 bits per heavy atom. The standard InChI is InChI=1S/C17H15BrO2/c1-12(17(19)20)16(14-5-3-2-4-6-14)11-13-7-9-15(18)10-8-13/h2-12H,1H3,(H,19,20)/b16-11-. The average Bonchev–Trinajstić information content (AvgIpc) is 2.47. The molecule has 0 bridgehead atoms. The highest BCUT2D eigenvalue weighted by molar-refractivity contribution is 9.10. The Morgan fingerprint density at radius 1 is 1.10 bits per heavy atom. The van der Waals surface area contributed by atoms with Gasteiger partial charge in [0.25, 0.3) is 0 Å². The van der Waals surface area contributed by atoms with E-state index in [1.165, 1.54) is 0 Å². The Labute approximate surface area is 126 Å². The normalized spacial score (nSPS) is 13.0. The number of benzene rings is 2. The summed E-state index contributed by atoms with van der Waals surface area (Å²) in [5.41, 5.74) is 2.73. The third-order valence-corrected chi connectivity index (χ3v) is 3.66. The fourth-order valence-corrected chi connectivity index (χ4v) is 2.22. The van der Waals surface area contributed by atoms with Crippen molar-refractivity contribution >= 4 is 33.5 Å². The Morgan fingerprint density at radius 3 is 2.25 bits per heavy atom. The molecule has 3 heteroatoms. The maximum absolute atomic E-state index is 11.3. The molecule has 0 radical (unpaired) electrons. The summed E-state index contributed by atoms with van der Waals surface area (Å²) < 4.78 is 1.00. The Bertz CT molecular complexity index is 615. The molecule has 20 heavy (non-hydrogen) atoms. The molecule has 1 N–H and O–H groups in total. The van der Waals surface area contributed by atoms with Crippen LogP contribution in [-0.2, 0) is 4.79 Å². The van der Waals surface area contributed by atoms with Gasteiger partial charge in [-0.15, -0.1) is 0 Å². The molecule has 1 unspecified atom stereocenters. The molecule has 2 aromatic rings. The third-order valence-electron chi connectivity index (χ3n) is 3.14. The van der Waals surface area contributed by atoms with Crippen molar-refractivity contribution in [3.63, 3.8) is 0 Å². The van der Waals surface area contributed by atoms with Crippen LogP contribution >= 0.6 is 15.9 Å². The van der Waals surface area contributed by atoms with Crippen LogP contribution in [0, 0.1) is 5.92 Å². The topological polar surface area (TPSA) is 37.3 Å². The molecule has 2 nitrogen and oxygen atoms in total. The summed E-state index contributed by atoms with van der Waals surface area (Å²) >= 11 is 3.39. The van der Waals surface area contributed by atoms with Crippen molar-refractivity contribution in [2.75, 3.05) is 0 Å². The number of rotatable bonds is 4. The van der Waals surface area contributed by atoms with Gasteiger partial charge in [0.15, 0.2) is 0 Å². The lowest BCUT2D eigenvalue weighted by Gasteiger charge is -2.13. The van der Waals surface area contributed by atoms with Crippen molar-refractivity contribution in [3.8, 4) is 0 Å². The van der Waals surface area contributed by atoms with Gasteiger partial charge in [0.2, 0.25) is 0 Å². The van der Waals surface area contributed by atoms with Gasteiger partial charge in [-0.25, -0.2) is 0 Å². The highest BCUT2D eigenvalue weighted by Gasteiger charge is 2.18. The van der Waals surface area contributed by atoms with E-state index in [2.05, 4.69) is 15.9 Å². The van der Waals surface area contributed by atoms with E-state index < -0.39 is 11.9 Å². The lowest BCUT2D eigenvalue weighted by Crippen LogP contribution is -2.11. The molecule has 1 atom stereocenters. The largest absolute Gasteiger partial charge is 0.481 e. The highest BCUT2D eigenvalue weighted by atomic mass is 79.9. The van der Waals surface area contributed by atoms with Gasteiger partial charge in [0.05, 0.1) is 5.92 Å². The molecule has 2 aromatic carbocycles. The van der Waals surface area contributed by atoms with E-state index in [1.807, 2.05) is 60.7 Å².